The Kier molecular flexibility index (Phi) is 41.0. The minimum Gasteiger partial charge on any atom is -0.480 e. The van der Waals surface area contributed by atoms with Crippen LogP contribution < -0.4 is 5.73 Å². The van der Waals surface area contributed by atoms with Gasteiger partial charge in [-0.1, -0.05) is 192 Å². The third-order valence-electron chi connectivity index (χ3n) is 9.93. The van der Waals surface area contributed by atoms with Crippen LogP contribution in [0.3, 0.4) is 0 Å². The van der Waals surface area contributed by atoms with Gasteiger partial charge >= 0.3 is 19.8 Å². The molecule has 0 bridgehead atoms. The van der Waals surface area contributed by atoms with Crippen LogP contribution in [0.25, 0.3) is 0 Å². The quantitative estimate of drug-likeness (QED) is 0.0234. The molecule has 0 spiro atoms. The maximum absolute atomic E-state index is 12.6. The molecule has 0 saturated carbocycles. The van der Waals surface area contributed by atoms with E-state index in [1.807, 2.05) is 0 Å². The molecule has 0 fully saturated rings. The molecule has 0 amide bonds. The molecule has 57 heavy (non-hydrogen) atoms. The zero-order chi connectivity index (χ0) is 41.9. The van der Waals surface area contributed by atoms with Crippen molar-refractivity contribution in [1.29, 1.82) is 0 Å². The maximum Gasteiger partial charge on any atom is 0.472 e. The van der Waals surface area contributed by atoms with E-state index in [2.05, 4.69) is 50.3 Å². The number of phosphoric ester groups is 1. The van der Waals surface area contributed by atoms with Crippen LogP contribution >= 0.6 is 7.82 Å². The van der Waals surface area contributed by atoms with Gasteiger partial charge in [-0.25, -0.2) is 4.57 Å². The SMILES string of the molecule is CC/C=C\C/C=C\C/C=C\CCCCCC(=O)OC(COCCCCCCCCCCCCCCCCCCCCCCCC)COP(=O)(O)OCC(N)C(=O)O. The Bertz CT molecular complexity index is 1050. The second kappa shape index (κ2) is 42.3. The molecule has 0 heterocycles. The first-order valence-corrected chi connectivity index (χ1v) is 24.5. The Morgan fingerprint density at radius 1 is 0.579 bits per heavy atom. The van der Waals surface area contributed by atoms with Crippen LogP contribution in [0.5, 0.6) is 0 Å². The number of phosphoric acid groups is 1. The van der Waals surface area contributed by atoms with Crippen molar-refractivity contribution in [1.82, 2.24) is 0 Å². The minimum atomic E-state index is -4.62. The van der Waals surface area contributed by atoms with Crippen LogP contribution in [-0.2, 0) is 32.7 Å². The number of allylic oxidation sites excluding steroid dienone is 6. The Balaban J connectivity index is 4.13. The smallest absolute Gasteiger partial charge is 0.472 e. The van der Waals surface area contributed by atoms with E-state index < -0.39 is 45.1 Å². The Labute approximate surface area is 348 Å². The van der Waals surface area contributed by atoms with E-state index in [1.54, 1.807) is 0 Å². The number of hydrogen-bond acceptors (Lipinski definition) is 8. The van der Waals surface area contributed by atoms with Crippen LogP contribution in [0.1, 0.15) is 206 Å². The summed E-state index contributed by atoms with van der Waals surface area (Å²) in [6.07, 6.45) is 47.9. The summed E-state index contributed by atoms with van der Waals surface area (Å²) >= 11 is 0. The van der Waals surface area contributed by atoms with Gasteiger partial charge in [0.25, 0.3) is 0 Å². The standard InChI is InChI=1S/C46H86NO9P/c1-3-5-7-9-11-13-15-17-18-19-20-21-22-23-24-25-27-29-31-33-35-37-39-53-40-43(41-54-57(51,52)55-42-44(47)46(49)50)56-45(48)38-36-34-32-30-28-26-16-14-12-10-8-6-4-2/h6,8,12,14,26,28,43-44H,3-5,7,9-11,13,15-25,27,29-42,47H2,1-2H3,(H,49,50)(H,51,52)/b8-6-,14-12-,28-26-. The summed E-state index contributed by atoms with van der Waals surface area (Å²) < 4.78 is 33.3. The van der Waals surface area contributed by atoms with Gasteiger partial charge in [-0.05, 0) is 44.9 Å². The summed E-state index contributed by atoms with van der Waals surface area (Å²) in [5.74, 6) is -1.80. The first kappa shape index (κ1) is 55.2. The second-order valence-electron chi connectivity index (χ2n) is 15.5. The van der Waals surface area contributed by atoms with Crippen molar-refractivity contribution in [2.75, 3.05) is 26.4 Å². The zero-order valence-electron chi connectivity index (χ0n) is 36.4. The molecule has 0 aliphatic heterocycles. The van der Waals surface area contributed by atoms with Crippen LogP contribution in [0.2, 0.25) is 0 Å². The molecular formula is C46H86NO9P. The fraction of sp³-hybridized carbons (Fsp3) is 0.826. The fourth-order valence-corrected chi connectivity index (χ4v) is 7.16. The molecule has 0 saturated heterocycles. The molecule has 10 nitrogen and oxygen atoms in total. The lowest BCUT2D eigenvalue weighted by Gasteiger charge is -2.20. The number of unbranched alkanes of at least 4 members (excludes halogenated alkanes) is 24. The third kappa shape index (κ3) is 42.1. The highest BCUT2D eigenvalue weighted by Crippen LogP contribution is 2.43. The number of carboxylic acids is 1. The van der Waals surface area contributed by atoms with Crippen LogP contribution in [0.15, 0.2) is 36.5 Å². The summed E-state index contributed by atoms with van der Waals surface area (Å²) in [5.41, 5.74) is 5.35. The molecule has 3 unspecified atom stereocenters. The number of rotatable bonds is 44. The number of nitrogens with two attached hydrogens (primary N) is 1. The second-order valence-corrected chi connectivity index (χ2v) is 17.0. The minimum absolute atomic E-state index is 0.00770. The predicted molar refractivity (Wildman–Crippen MR) is 235 cm³/mol. The molecule has 0 aromatic carbocycles. The molecule has 0 aromatic rings. The first-order chi connectivity index (χ1) is 27.7. The van der Waals surface area contributed by atoms with Crippen molar-refractivity contribution >= 4 is 19.8 Å². The van der Waals surface area contributed by atoms with E-state index in [4.69, 9.17) is 29.4 Å². The number of carbonyl (C=O) groups excluding carboxylic acids is 1. The molecule has 0 aliphatic carbocycles. The summed E-state index contributed by atoms with van der Waals surface area (Å²) in [6.45, 7) is 3.75. The topological polar surface area (TPSA) is 155 Å². The number of ether oxygens (including phenoxy) is 2. The average Bonchev–Trinajstić information content (AvgIpc) is 3.19. The van der Waals surface area contributed by atoms with Gasteiger partial charge in [0.15, 0.2) is 0 Å². The number of aliphatic carboxylic acids is 1. The van der Waals surface area contributed by atoms with Gasteiger partial charge in [-0.3, -0.25) is 18.6 Å². The Hall–Kier alpha value is -1.81. The van der Waals surface area contributed by atoms with Gasteiger partial charge in [0, 0.05) is 13.0 Å². The monoisotopic (exact) mass is 828 g/mol. The van der Waals surface area contributed by atoms with E-state index in [9.17, 15) is 19.0 Å². The van der Waals surface area contributed by atoms with E-state index in [1.165, 1.54) is 122 Å². The van der Waals surface area contributed by atoms with Crippen molar-refractivity contribution in [2.45, 2.75) is 219 Å². The number of carboxylic acid groups (broad SMARTS) is 1. The number of esters is 1. The molecule has 3 atom stereocenters. The van der Waals surface area contributed by atoms with Gasteiger partial charge < -0.3 is 25.2 Å². The average molecular weight is 828 g/mol. The lowest BCUT2D eigenvalue weighted by atomic mass is 10.0. The van der Waals surface area contributed by atoms with Gasteiger partial charge in [-0.15, -0.1) is 0 Å². The normalized spacial score (nSPS) is 14.2. The zero-order valence-corrected chi connectivity index (χ0v) is 37.3. The van der Waals surface area contributed by atoms with Crippen LogP contribution in [0.4, 0.5) is 0 Å². The van der Waals surface area contributed by atoms with Crippen molar-refractivity contribution in [3.63, 3.8) is 0 Å². The summed E-state index contributed by atoms with van der Waals surface area (Å²) in [7, 11) is -4.62. The van der Waals surface area contributed by atoms with E-state index in [-0.39, 0.29) is 13.0 Å². The van der Waals surface area contributed by atoms with Gasteiger partial charge in [-0.2, -0.15) is 0 Å². The van der Waals surface area contributed by atoms with Crippen molar-refractivity contribution in [3.05, 3.63) is 36.5 Å². The first-order valence-electron chi connectivity index (χ1n) is 23.0. The van der Waals surface area contributed by atoms with E-state index in [0.29, 0.717) is 13.0 Å². The molecule has 0 radical (unpaired) electrons. The molecule has 4 N–H and O–H groups in total. The van der Waals surface area contributed by atoms with Gasteiger partial charge in [0.1, 0.15) is 12.1 Å². The van der Waals surface area contributed by atoms with Crippen LogP contribution in [-0.4, -0.2) is 60.5 Å². The number of hydrogen-bond donors (Lipinski definition) is 3. The molecule has 0 rings (SSSR count). The van der Waals surface area contributed by atoms with Crippen LogP contribution in [0, 0.1) is 0 Å². The maximum atomic E-state index is 12.6. The van der Waals surface area contributed by atoms with E-state index >= 15 is 0 Å². The largest absolute Gasteiger partial charge is 0.480 e. The van der Waals surface area contributed by atoms with E-state index in [0.717, 1.165) is 57.8 Å². The summed E-state index contributed by atoms with van der Waals surface area (Å²) in [4.78, 5) is 33.5. The molecule has 0 aliphatic rings. The van der Waals surface area contributed by atoms with Crippen molar-refractivity contribution in [2.24, 2.45) is 5.73 Å². The molecular weight excluding hydrogens is 741 g/mol. The molecule has 334 valence electrons. The Morgan fingerprint density at radius 3 is 1.51 bits per heavy atom. The lowest BCUT2D eigenvalue weighted by Crippen LogP contribution is -2.34. The summed E-state index contributed by atoms with van der Waals surface area (Å²) in [5, 5.41) is 8.90. The molecule has 0 aromatic heterocycles. The van der Waals surface area contributed by atoms with Crippen molar-refractivity contribution in [3.8, 4) is 0 Å². The van der Waals surface area contributed by atoms with Crippen molar-refractivity contribution < 1.29 is 42.7 Å². The van der Waals surface area contributed by atoms with Gasteiger partial charge in [0.05, 0.1) is 19.8 Å². The summed E-state index contributed by atoms with van der Waals surface area (Å²) in [6, 6.07) is -1.48. The highest BCUT2D eigenvalue weighted by Gasteiger charge is 2.27. The highest BCUT2D eigenvalue weighted by atomic mass is 31.2. The predicted octanol–water partition coefficient (Wildman–Crippen LogP) is 12.9. The molecule has 11 heteroatoms. The van der Waals surface area contributed by atoms with Gasteiger partial charge in [0.2, 0.25) is 0 Å². The fourth-order valence-electron chi connectivity index (χ4n) is 6.38. The number of carbonyl (C=O) groups is 2. The highest BCUT2D eigenvalue weighted by molar-refractivity contribution is 7.47. The Morgan fingerprint density at radius 2 is 1.02 bits per heavy atom. The third-order valence-corrected chi connectivity index (χ3v) is 10.9. The lowest BCUT2D eigenvalue weighted by molar-refractivity contribution is -0.154.